The smallest absolute Gasteiger partial charge is 0.383 e. The molecule has 166 valence electrons. The number of nitrogens with one attached hydrogen (secondary N) is 1. The van der Waals surface area contributed by atoms with E-state index in [2.05, 4.69) is 9.97 Å². The van der Waals surface area contributed by atoms with Gasteiger partial charge in [0.2, 0.25) is 11.7 Å². The second-order valence-corrected chi connectivity index (χ2v) is 6.96. The van der Waals surface area contributed by atoms with Gasteiger partial charge in [0, 0.05) is 13.6 Å². The Morgan fingerprint density at radius 3 is 2.55 bits per heavy atom. The minimum absolute atomic E-state index is 0.0794. The third-order valence-corrected chi connectivity index (χ3v) is 4.86. The van der Waals surface area contributed by atoms with Gasteiger partial charge in [-0.25, -0.2) is 9.78 Å². The van der Waals surface area contributed by atoms with E-state index in [1.807, 2.05) is 6.92 Å². The summed E-state index contributed by atoms with van der Waals surface area (Å²) in [6.07, 6.45) is -3.44. The van der Waals surface area contributed by atoms with Gasteiger partial charge in [0.15, 0.2) is 5.69 Å². The van der Waals surface area contributed by atoms with Crippen LogP contribution in [0.25, 0.3) is 11.0 Å². The Morgan fingerprint density at radius 2 is 1.90 bits per heavy atom. The summed E-state index contributed by atoms with van der Waals surface area (Å²) >= 11 is 0. The molecule has 0 aliphatic carbocycles. The summed E-state index contributed by atoms with van der Waals surface area (Å²) in [4.78, 5) is 43.8. The number of fused-ring (bicyclic) bond motifs is 1. The number of hydrogen-bond acceptors (Lipinski definition) is 5. The molecule has 0 atom stereocenters. The third kappa shape index (κ3) is 4.18. The number of amides is 1. The summed E-state index contributed by atoms with van der Waals surface area (Å²) in [6, 6.07) is 5.88. The zero-order valence-electron chi connectivity index (χ0n) is 16.9. The first-order valence-electron chi connectivity index (χ1n) is 9.47. The molecule has 0 radical (unpaired) electrons. The molecule has 3 aromatic rings. The third-order valence-electron chi connectivity index (χ3n) is 4.86. The summed E-state index contributed by atoms with van der Waals surface area (Å²) in [5, 5.41) is 0. The predicted octanol–water partition coefficient (Wildman–Crippen LogP) is 1.95. The quantitative estimate of drug-likeness (QED) is 0.610. The fraction of sp³-hybridized carbons (Fsp3) is 0.368. The van der Waals surface area contributed by atoms with Gasteiger partial charge in [0.25, 0.3) is 5.56 Å². The maximum atomic E-state index is 13.5. The summed E-state index contributed by atoms with van der Waals surface area (Å²) in [7, 11) is 1.21. The lowest BCUT2D eigenvalue weighted by Gasteiger charge is -2.21. The SMILES string of the molecule is CCCCn1c(N)c(N(C)C(=O)Cn2c(C(F)(F)F)nc3ccccc32)c(=O)[nH]c1=O. The van der Waals surface area contributed by atoms with Gasteiger partial charge in [-0.05, 0) is 18.6 Å². The number of aromatic nitrogens is 4. The van der Waals surface area contributed by atoms with Crippen molar-refractivity contribution in [3.05, 3.63) is 50.9 Å². The first kappa shape index (κ1) is 22.1. The average Bonchev–Trinajstić information content (AvgIpc) is 3.06. The van der Waals surface area contributed by atoms with Crippen LogP contribution >= 0.6 is 0 Å². The fourth-order valence-electron chi connectivity index (χ4n) is 3.26. The molecule has 0 saturated heterocycles. The second-order valence-electron chi connectivity index (χ2n) is 6.96. The van der Waals surface area contributed by atoms with E-state index in [1.54, 1.807) is 0 Å². The molecule has 9 nitrogen and oxygen atoms in total. The number of likely N-dealkylation sites (N-methyl/N-ethyl adjacent to an activating group) is 1. The molecule has 0 aliphatic heterocycles. The van der Waals surface area contributed by atoms with E-state index < -0.39 is 35.7 Å². The highest BCUT2D eigenvalue weighted by Gasteiger charge is 2.38. The van der Waals surface area contributed by atoms with Crippen molar-refractivity contribution in [2.75, 3.05) is 17.7 Å². The molecule has 0 bridgehead atoms. The number of hydrogen-bond donors (Lipinski definition) is 2. The Labute approximate surface area is 173 Å². The van der Waals surface area contributed by atoms with Crippen LogP contribution in [0.3, 0.4) is 0 Å². The number of nitrogens with zero attached hydrogens (tertiary/aromatic N) is 4. The maximum Gasteiger partial charge on any atom is 0.449 e. The van der Waals surface area contributed by atoms with Crippen LogP contribution in [0, 0.1) is 0 Å². The first-order valence-corrected chi connectivity index (χ1v) is 9.47. The molecular formula is C19H21F3N6O3. The molecule has 0 spiro atoms. The van der Waals surface area contributed by atoms with Crippen molar-refractivity contribution in [3.8, 4) is 0 Å². The minimum atomic E-state index is -4.79. The van der Waals surface area contributed by atoms with E-state index in [0.717, 1.165) is 20.5 Å². The molecule has 0 saturated carbocycles. The largest absolute Gasteiger partial charge is 0.449 e. The Kier molecular flexibility index (Phi) is 5.91. The van der Waals surface area contributed by atoms with Gasteiger partial charge >= 0.3 is 11.9 Å². The van der Waals surface area contributed by atoms with Gasteiger partial charge in [0.1, 0.15) is 12.4 Å². The van der Waals surface area contributed by atoms with Crippen molar-refractivity contribution < 1.29 is 18.0 Å². The number of aromatic amines is 1. The van der Waals surface area contributed by atoms with Gasteiger partial charge in [0.05, 0.1) is 11.0 Å². The van der Waals surface area contributed by atoms with Crippen molar-refractivity contribution in [3.63, 3.8) is 0 Å². The zero-order valence-corrected chi connectivity index (χ0v) is 16.9. The lowest BCUT2D eigenvalue weighted by Crippen LogP contribution is -2.40. The van der Waals surface area contributed by atoms with Crippen molar-refractivity contribution in [1.82, 2.24) is 19.1 Å². The van der Waals surface area contributed by atoms with Gasteiger partial charge in [-0.15, -0.1) is 0 Å². The number of benzene rings is 1. The standard InChI is InChI=1S/C19H21F3N6O3/c1-3-4-9-27-15(23)14(16(30)25-18(27)31)26(2)13(29)10-28-12-8-6-5-7-11(12)24-17(28)19(20,21)22/h5-8H,3-4,9-10,23H2,1-2H3,(H,25,30,31). The maximum absolute atomic E-state index is 13.5. The number of imidazole rings is 1. The Balaban J connectivity index is 2.03. The molecule has 0 fully saturated rings. The number of unbranched alkanes of at least 4 members (excludes halogenated alkanes) is 1. The molecule has 2 aromatic heterocycles. The number of para-hydroxylation sites is 2. The van der Waals surface area contributed by atoms with Crippen molar-refractivity contribution in [1.29, 1.82) is 0 Å². The van der Waals surface area contributed by atoms with Crippen LogP contribution in [0.15, 0.2) is 33.9 Å². The average molecular weight is 438 g/mol. The van der Waals surface area contributed by atoms with Crippen LogP contribution in [0.2, 0.25) is 0 Å². The van der Waals surface area contributed by atoms with E-state index in [0.29, 0.717) is 6.42 Å². The van der Waals surface area contributed by atoms with E-state index in [9.17, 15) is 27.6 Å². The zero-order chi connectivity index (χ0) is 22.9. The van der Waals surface area contributed by atoms with Crippen LogP contribution in [-0.4, -0.2) is 32.1 Å². The topological polar surface area (TPSA) is 119 Å². The summed E-state index contributed by atoms with van der Waals surface area (Å²) in [5.74, 6) is -2.30. The lowest BCUT2D eigenvalue weighted by molar-refractivity contribution is -0.147. The first-order chi connectivity index (χ1) is 14.6. The highest BCUT2D eigenvalue weighted by Crippen LogP contribution is 2.31. The van der Waals surface area contributed by atoms with E-state index >= 15 is 0 Å². The fourth-order valence-corrected chi connectivity index (χ4v) is 3.26. The molecule has 0 unspecified atom stereocenters. The van der Waals surface area contributed by atoms with Gasteiger partial charge < -0.3 is 15.2 Å². The summed E-state index contributed by atoms with van der Waals surface area (Å²) < 4.78 is 42.3. The second kappa shape index (κ2) is 8.28. The number of anilines is 2. The van der Waals surface area contributed by atoms with Crippen molar-refractivity contribution in [2.45, 2.75) is 39.0 Å². The molecule has 0 aliphatic rings. The Hall–Kier alpha value is -3.57. The predicted molar refractivity (Wildman–Crippen MR) is 109 cm³/mol. The molecule has 2 heterocycles. The van der Waals surface area contributed by atoms with Gasteiger partial charge in [-0.1, -0.05) is 25.5 Å². The van der Waals surface area contributed by atoms with E-state index in [1.165, 1.54) is 31.3 Å². The van der Waals surface area contributed by atoms with E-state index in [4.69, 9.17) is 5.73 Å². The van der Waals surface area contributed by atoms with Gasteiger partial charge in [-0.2, -0.15) is 13.2 Å². The molecule has 12 heteroatoms. The summed E-state index contributed by atoms with van der Waals surface area (Å²) in [6.45, 7) is 1.38. The monoisotopic (exact) mass is 438 g/mol. The van der Waals surface area contributed by atoms with Crippen LogP contribution in [0.1, 0.15) is 25.6 Å². The van der Waals surface area contributed by atoms with Crippen LogP contribution in [0.5, 0.6) is 0 Å². The van der Waals surface area contributed by atoms with E-state index in [-0.39, 0.29) is 29.1 Å². The Morgan fingerprint density at radius 1 is 1.23 bits per heavy atom. The van der Waals surface area contributed by atoms with Gasteiger partial charge in [-0.3, -0.25) is 19.1 Å². The molecule has 1 aromatic carbocycles. The number of alkyl halides is 3. The molecule has 3 rings (SSSR count). The number of nitrogens with two attached hydrogens (primary N) is 1. The highest BCUT2D eigenvalue weighted by molar-refractivity contribution is 5.95. The Bertz CT molecular complexity index is 1240. The molecular weight excluding hydrogens is 417 g/mol. The lowest BCUT2D eigenvalue weighted by atomic mass is 10.3. The normalized spacial score (nSPS) is 11.8. The highest BCUT2D eigenvalue weighted by atomic mass is 19.4. The molecule has 1 amide bonds. The number of nitrogen functional groups attached to an aromatic ring is 1. The number of carbonyl (C=O) groups is 1. The number of H-pyrrole nitrogens is 1. The van der Waals surface area contributed by atoms with Crippen molar-refractivity contribution in [2.24, 2.45) is 0 Å². The molecule has 3 N–H and O–H groups in total. The summed E-state index contributed by atoms with van der Waals surface area (Å²) in [5.41, 5.74) is 4.24. The van der Waals surface area contributed by atoms with Crippen LogP contribution in [0.4, 0.5) is 24.7 Å². The number of halogens is 3. The number of rotatable bonds is 6. The molecule has 31 heavy (non-hydrogen) atoms. The van der Waals surface area contributed by atoms with Crippen molar-refractivity contribution >= 4 is 28.4 Å². The minimum Gasteiger partial charge on any atom is -0.383 e. The van der Waals surface area contributed by atoms with Crippen LogP contribution < -0.4 is 21.9 Å². The van der Waals surface area contributed by atoms with Crippen LogP contribution in [-0.2, 0) is 24.1 Å². The number of carbonyl (C=O) groups excluding carboxylic acids is 1.